The van der Waals surface area contributed by atoms with Crippen LogP contribution in [0.4, 0.5) is 0 Å². The van der Waals surface area contributed by atoms with Crippen LogP contribution in [0.15, 0.2) is 30.5 Å². The van der Waals surface area contributed by atoms with Crippen molar-refractivity contribution in [1.82, 2.24) is 10.3 Å². The first-order valence-corrected chi connectivity index (χ1v) is 5.58. The first-order valence-electron chi connectivity index (χ1n) is 5.58. The molecule has 0 unspecified atom stereocenters. The smallest absolute Gasteiger partial charge is 0.328 e. The number of ether oxygens (including phenoxy) is 1. The van der Waals surface area contributed by atoms with E-state index in [1.165, 1.54) is 7.11 Å². The summed E-state index contributed by atoms with van der Waals surface area (Å²) in [5.74, 6) is -0.770. The first kappa shape index (κ1) is 12.2. The Hall–Kier alpha value is -2.30. The number of carbonyl (C=O) groups is 2. The predicted molar refractivity (Wildman–Crippen MR) is 67.2 cm³/mol. The van der Waals surface area contributed by atoms with Gasteiger partial charge in [-0.2, -0.15) is 0 Å². The SMILES string of the molecule is COC(=O)[C@H](C)NC(=O)c1c[nH]c2ccccc12. The second-order valence-electron chi connectivity index (χ2n) is 3.97. The zero-order valence-electron chi connectivity index (χ0n) is 10.2. The maximum atomic E-state index is 12.0. The van der Waals surface area contributed by atoms with E-state index in [0.717, 1.165) is 10.9 Å². The molecule has 5 nitrogen and oxygen atoms in total. The molecule has 18 heavy (non-hydrogen) atoms. The second kappa shape index (κ2) is 4.91. The summed E-state index contributed by atoms with van der Waals surface area (Å²) in [6.07, 6.45) is 1.63. The fourth-order valence-corrected chi connectivity index (χ4v) is 1.77. The Balaban J connectivity index is 2.21. The number of aromatic nitrogens is 1. The monoisotopic (exact) mass is 246 g/mol. The second-order valence-corrected chi connectivity index (χ2v) is 3.97. The van der Waals surface area contributed by atoms with Gasteiger partial charge < -0.3 is 15.0 Å². The highest BCUT2D eigenvalue weighted by atomic mass is 16.5. The Bertz CT molecular complexity index is 589. The number of benzene rings is 1. The Morgan fingerprint density at radius 1 is 1.33 bits per heavy atom. The highest BCUT2D eigenvalue weighted by molar-refractivity contribution is 6.07. The molecule has 2 N–H and O–H groups in total. The molecule has 1 aromatic heterocycles. The van der Waals surface area contributed by atoms with E-state index in [1.807, 2.05) is 24.3 Å². The minimum Gasteiger partial charge on any atom is -0.467 e. The largest absolute Gasteiger partial charge is 0.467 e. The van der Waals surface area contributed by atoms with Crippen molar-refractivity contribution in [2.45, 2.75) is 13.0 Å². The number of hydrogen-bond donors (Lipinski definition) is 2. The zero-order valence-corrected chi connectivity index (χ0v) is 10.2. The lowest BCUT2D eigenvalue weighted by atomic mass is 10.1. The van der Waals surface area contributed by atoms with Crippen molar-refractivity contribution in [2.24, 2.45) is 0 Å². The quantitative estimate of drug-likeness (QED) is 0.805. The van der Waals surface area contributed by atoms with E-state index in [2.05, 4.69) is 15.0 Å². The van der Waals surface area contributed by atoms with Gasteiger partial charge in [0.2, 0.25) is 0 Å². The number of carbonyl (C=O) groups excluding carboxylic acids is 2. The summed E-state index contributed by atoms with van der Waals surface area (Å²) in [7, 11) is 1.29. The van der Waals surface area contributed by atoms with Gasteiger partial charge in [0, 0.05) is 17.1 Å². The van der Waals surface area contributed by atoms with Gasteiger partial charge in [0.1, 0.15) is 6.04 Å². The van der Waals surface area contributed by atoms with Crippen molar-refractivity contribution >= 4 is 22.8 Å². The molecular weight excluding hydrogens is 232 g/mol. The maximum Gasteiger partial charge on any atom is 0.328 e. The van der Waals surface area contributed by atoms with Crippen molar-refractivity contribution in [2.75, 3.05) is 7.11 Å². The van der Waals surface area contributed by atoms with E-state index in [9.17, 15) is 9.59 Å². The van der Waals surface area contributed by atoms with Crippen LogP contribution in [0.2, 0.25) is 0 Å². The predicted octanol–water partition coefficient (Wildman–Crippen LogP) is 1.46. The van der Waals surface area contributed by atoms with Crippen LogP contribution in [-0.4, -0.2) is 30.0 Å². The summed E-state index contributed by atoms with van der Waals surface area (Å²) in [5.41, 5.74) is 1.40. The third kappa shape index (κ3) is 2.20. The topological polar surface area (TPSA) is 71.2 Å². The summed E-state index contributed by atoms with van der Waals surface area (Å²) in [6.45, 7) is 1.58. The molecule has 0 saturated carbocycles. The van der Waals surface area contributed by atoms with Crippen LogP contribution < -0.4 is 5.32 Å². The van der Waals surface area contributed by atoms with Gasteiger partial charge in [0.25, 0.3) is 5.91 Å². The van der Waals surface area contributed by atoms with Gasteiger partial charge in [-0.15, -0.1) is 0 Å². The molecule has 0 saturated heterocycles. The average molecular weight is 246 g/mol. The molecule has 0 radical (unpaired) electrons. The normalized spacial score (nSPS) is 12.1. The van der Waals surface area contributed by atoms with E-state index >= 15 is 0 Å². The Morgan fingerprint density at radius 3 is 2.78 bits per heavy atom. The fraction of sp³-hybridized carbons (Fsp3) is 0.231. The minimum absolute atomic E-state index is 0.301. The molecule has 0 bridgehead atoms. The van der Waals surface area contributed by atoms with Crippen LogP contribution in [0.3, 0.4) is 0 Å². The van der Waals surface area contributed by atoms with Gasteiger partial charge in [-0.1, -0.05) is 18.2 Å². The maximum absolute atomic E-state index is 12.0. The molecule has 0 spiro atoms. The highest BCUT2D eigenvalue weighted by Gasteiger charge is 2.18. The van der Waals surface area contributed by atoms with Crippen LogP contribution in [0, 0.1) is 0 Å². The molecule has 5 heteroatoms. The lowest BCUT2D eigenvalue weighted by Gasteiger charge is -2.10. The highest BCUT2D eigenvalue weighted by Crippen LogP contribution is 2.17. The van der Waals surface area contributed by atoms with Crippen molar-refractivity contribution in [1.29, 1.82) is 0 Å². The number of esters is 1. The molecule has 1 amide bonds. The van der Waals surface area contributed by atoms with Gasteiger partial charge in [-0.05, 0) is 13.0 Å². The van der Waals surface area contributed by atoms with Crippen LogP contribution in [0.25, 0.3) is 10.9 Å². The number of para-hydroxylation sites is 1. The first-order chi connectivity index (χ1) is 8.63. The molecule has 2 aromatic rings. The van der Waals surface area contributed by atoms with Gasteiger partial charge in [0.05, 0.1) is 12.7 Å². The molecule has 1 heterocycles. The summed E-state index contributed by atoms with van der Waals surface area (Å²) in [5, 5.41) is 3.42. The number of nitrogens with one attached hydrogen (secondary N) is 2. The Morgan fingerprint density at radius 2 is 2.06 bits per heavy atom. The number of aromatic amines is 1. The Labute approximate surface area is 104 Å². The molecule has 0 fully saturated rings. The molecular formula is C13H14N2O3. The van der Waals surface area contributed by atoms with Crippen LogP contribution in [0.1, 0.15) is 17.3 Å². The molecule has 0 aliphatic rings. The molecule has 94 valence electrons. The molecule has 2 rings (SSSR count). The number of methoxy groups -OCH3 is 1. The lowest BCUT2D eigenvalue weighted by Crippen LogP contribution is -2.39. The molecule has 0 aliphatic carbocycles. The van der Waals surface area contributed by atoms with Crippen LogP contribution in [-0.2, 0) is 9.53 Å². The lowest BCUT2D eigenvalue weighted by molar-refractivity contribution is -0.142. The van der Waals surface area contributed by atoms with E-state index in [0.29, 0.717) is 5.56 Å². The number of hydrogen-bond acceptors (Lipinski definition) is 3. The number of fused-ring (bicyclic) bond motifs is 1. The molecule has 0 aliphatic heterocycles. The summed E-state index contributed by atoms with van der Waals surface area (Å²) >= 11 is 0. The fourth-order valence-electron chi connectivity index (χ4n) is 1.77. The standard InChI is InChI=1S/C13H14N2O3/c1-8(13(17)18-2)15-12(16)10-7-14-11-6-4-3-5-9(10)11/h3-8,14H,1-2H3,(H,15,16)/t8-/m0/s1. The van der Waals surface area contributed by atoms with E-state index in [4.69, 9.17) is 0 Å². The zero-order chi connectivity index (χ0) is 13.1. The van der Waals surface area contributed by atoms with Gasteiger partial charge in [0.15, 0.2) is 0 Å². The molecule has 1 atom stereocenters. The summed E-state index contributed by atoms with van der Waals surface area (Å²) in [6, 6.07) is 6.81. The van der Waals surface area contributed by atoms with Crippen LogP contribution in [0.5, 0.6) is 0 Å². The number of amides is 1. The number of rotatable bonds is 3. The third-order valence-electron chi connectivity index (χ3n) is 2.74. The minimum atomic E-state index is -0.670. The van der Waals surface area contributed by atoms with Gasteiger partial charge in [-0.25, -0.2) is 4.79 Å². The van der Waals surface area contributed by atoms with E-state index < -0.39 is 12.0 Å². The molecule has 1 aromatic carbocycles. The van der Waals surface area contributed by atoms with Gasteiger partial charge >= 0.3 is 5.97 Å². The Kier molecular flexibility index (Phi) is 3.32. The van der Waals surface area contributed by atoms with Crippen molar-refractivity contribution in [3.05, 3.63) is 36.0 Å². The van der Waals surface area contributed by atoms with Crippen molar-refractivity contribution in [3.8, 4) is 0 Å². The third-order valence-corrected chi connectivity index (χ3v) is 2.74. The summed E-state index contributed by atoms with van der Waals surface area (Å²) < 4.78 is 4.56. The van der Waals surface area contributed by atoms with E-state index in [1.54, 1.807) is 13.1 Å². The van der Waals surface area contributed by atoms with E-state index in [-0.39, 0.29) is 5.91 Å². The van der Waals surface area contributed by atoms with Gasteiger partial charge in [-0.3, -0.25) is 4.79 Å². The van der Waals surface area contributed by atoms with Crippen molar-refractivity contribution in [3.63, 3.8) is 0 Å². The van der Waals surface area contributed by atoms with Crippen LogP contribution >= 0.6 is 0 Å². The van der Waals surface area contributed by atoms with Crippen molar-refractivity contribution < 1.29 is 14.3 Å². The number of H-pyrrole nitrogens is 1. The average Bonchev–Trinajstić information content (AvgIpc) is 2.81. The summed E-state index contributed by atoms with van der Waals surface area (Å²) in [4.78, 5) is 26.3.